The largest absolute Gasteiger partial charge is 0.244 e. The van der Waals surface area contributed by atoms with Gasteiger partial charge in [-0.3, -0.25) is 0 Å². The maximum absolute atomic E-state index is 11.9. The number of sulfonamides is 1. The lowest BCUT2D eigenvalue weighted by Gasteiger charge is -2.06. The third kappa shape index (κ3) is 2.62. The van der Waals surface area contributed by atoms with Crippen LogP contribution in [0.4, 0.5) is 0 Å². The molecule has 0 bridgehead atoms. The van der Waals surface area contributed by atoms with E-state index in [2.05, 4.69) is 16.6 Å². The summed E-state index contributed by atoms with van der Waals surface area (Å²) in [5.41, 5.74) is -0.0659. The van der Waals surface area contributed by atoms with E-state index < -0.39 is 10.0 Å². The van der Waals surface area contributed by atoms with Crippen LogP contribution in [0.1, 0.15) is 19.0 Å². The molecule has 2 atom stereocenters. The zero-order chi connectivity index (χ0) is 12.5. The molecule has 0 radical (unpaired) electrons. The molecular weight excluding hydrogens is 238 g/mol. The highest BCUT2D eigenvalue weighted by atomic mass is 32.2. The van der Waals surface area contributed by atoms with Crippen molar-refractivity contribution in [1.82, 2.24) is 9.71 Å². The Balaban J connectivity index is 2.17. The first-order chi connectivity index (χ1) is 8.04. The van der Waals surface area contributed by atoms with Crippen molar-refractivity contribution in [2.45, 2.75) is 18.2 Å². The highest BCUT2D eigenvalue weighted by molar-refractivity contribution is 7.89. The Bertz CT molecular complexity index is 562. The minimum Gasteiger partial charge on any atom is -0.244 e. The van der Waals surface area contributed by atoms with E-state index in [-0.39, 0.29) is 10.6 Å². The number of nitriles is 1. The van der Waals surface area contributed by atoms with Crippen molar-refractivity contribution >= 4 is 10.0 Å². The zero-order valence-electron chi connectivity index (χ0n) is 9.42. The molecule has 0 aromatic carbocycles. The van der Waals surface area contributed by atoms with Crippen LogP contribution >= 0.6 is 0 Å². The number of aromatic nitrogens is 1. The smallest absolute Gasteiger partial charge is 0.243 e. The number of pyridine rings is 1. The van der Waals surface area contributed by atoms with Gasteiger partial charge in [0.1, 0.15) is 11.0 Å². The van der Waals surface area contributed by atoms with Gasteiger partial charge in [-0.2, -0.15) is 5.26 Å². The average Bonchev–Trinajstić information content (AvgIpc) is 3.03. The third-order valence-electron chi connectivity index (χ3n) is 2.98. The monoisotopic (exact) mass is 251 g/mol. The summed E-state index contributed by atoms with van der Waals surface area (Å²) in [5.74, 6) is 1.01. The van der Waals surface area contributed by atoms with E-state index in [0.29, 0.717) is 18.4 Å². The average molecular weight is 251 g/mol. The molecule has 6 heteroatoms. The third-order valence-corrected chi connectivity index (χ3v) is 4.43. The van der Waals surface area contributed by atoms with Crippen LogP contribution < -0.4 is 4.72 Å². The van der Waals surface area contributed by atoms with Gasteiger partial charge in [-0.25, -0.2) is 18.1 Å². The molecule has 1 saturated carbocycles. The fraction of sp³-hybridized carbons (Fsp3) is 0.455. The Kier molecular flexibility index (Phi) is 3.13. The van der Waals surface area contributed by atoms with Gasteiger partial charge in [-0.05, 0) is 30.4 Å². The molecule has 90 valence electrons. The standard InChI is InChI=1S/C11H13N3O2S/c1-8-5-9(8)7-14-17(15,16)11-3-2-4-13-10(11)6-12/h2-4,8-9,14H,5,7H2,1H3. The van der Waals surface area contributed by atoms with Gasteiger partial charge in [-0.15, -0.1) is 0 Å². The van der Waals surface area contributed by atoms with Gasteiger partial charge in [0, 0.05) is 12.7 Å². The summed E-state index contributed by atoms with van der Waals surface area (Å²) in [7, 11) is -3.62. The summed E-state index contributed by atoms with van der Waals surface area (Å²) >= 11 is 0. The zero-order valence-corrected chi connectivity index (χ0v) is 10.2. The lowest BCUT2D eigenvalue weighted by molar-refractivity contribution is 0.574. The summed E-state index contributed by atoms with van der Waals surface area (Å²) in [6, 6.07) is 4.69. The first-order valence-corrected chi connectivity index (χ1v) is 6.87. The molecule has 0 saturated heterocycles. The molecule has 1 fully saturated rings. The van der Waals surface area contributed by atoms with E-state index in [4.69, 9.17) is 5.26 Å². The molecule has 1 aliphatic carbocycles. The van der Waals surface area contributed by atoms with E-state index in [0.717, 1.165) is 6.42 Å². The first-order valence-electron chi connectivity index (χ1n) is 5.39. The fourth-order valence-corrected chi connectivity index (χ4v) is 2.87. The van der Waals surface area contributed by atoms with Crippen LogP contribution in [0, 0.1) is 23.2 Å². The van der Waals surface area contributed by atoms with Crippen LogP contribution in [0.25, 0.3) is 0 Å². The molecule has 1 aliphatic rings. The molecule has 1 aromatic rings. The topological polar surface area (TPSA) is 82.8 Å². The van der Waals surface area contributed by atoms with Crippen LogP contribution in [0.5, 0.6) is 0 Å². The number of hydrogen-bond acceptors (Lipinski definition) is 4. The maximum Gasteiger partial charge on any atom is 0.243 e. The SMILES string of the molecule is CC1CC1CNS(=O)(=O)c1cccnc1C#N. The van der Waals surface area contributed by atoms with E-state index in [1.165, 1.54) is 18.3 Å². The van der Waals surface area contributed by atoms with Crippen molar-refractivity contribution in [2.24, 2.45) is 11.8 Å². The van der Waals surface area contributed by atoms with Crippen LogP contribution in [-0.4, -0.2) is 19.9 Å². The molecule has 2 unspecified atom stereocenters. The van der Waals surface area contributed by atoms with Crippen LogP contribution in [0.15, 0.2) is 23.2 Å². The number of rotatable bonds is 4. The Morgan fingerprint density at radius 2 is 2.35 bits per heavy atom. The predicted octanol–water partition coefficient (Wildman–Crippen LogP) is 0.888. The van der Waals surface area contributed by atoms with Gasteiger partial charge in [0.2, 0.25) is 10.0 Å². The second-order valence-corrected chi connectivity index (χ2v) is 6.02. The van der Waals surface area contributed by atoms with Gasteiger partial charge < -0.3 is 0 Å². The van der Waals surface area contributed by atoms with Gasteiger partial charge >= 0.3 is 0 Å². The molecular formula is C11H13N3O2S. The van der Waals surface area contributed by atoms with Crippen LogP contribution in [0.3, 0.4) is 0 Å². The predicted molar refractivity (Wildman–Crippen MR) is 61.4 cm³/mol. The van der Waals surface area contributed by atoms with Crippen molar-refractivity contribution in [3.05, 3.63) is 24.0 Å². The van der Waals surface area contributed by atoms with E-state index >= 15 is 0 Å². The fourth-order valence-electron chi connectivity index (χ4n) is 1.67. The van der Waals surface area contributed by atoms with Gasteiger partial charge in [0.25, 0.3) is 0 Å². The molecule has 1 N–H and O–H groups in total. The summed E-state index contributed by atoms with van der Waals surface area (Å²) in [6.07, 6.45) is 2.46. The number of nitrogens with zero attached hydrogens (tertiary/aromatic N) is 2. The van der Waals surface area contributed by atoms with E-state index in [1.54, 1.807) is 6.07 Å². The Morgan fingerprint density at radius 1 is 1.65 bits per heavy atom. The van der Waals surface area contributed by atoms with Crippen molar-refractivity contribution in [1.29, 1.82) is 5.26 Å². The number of nitrogens with one attached hydrogen (secondary N) is 1. The Hall–Kier alpha value is -1.45. The molecule has 0 aliphatic heterocycles. The highest BCUT2D eigenvalue weighted by Crippen LogP contribution is 2.37. The first kappa shape index (κ1) is 12.0. The second-order valence-electron chi connectivity index (χ2n) is 4.29. The lowest BCUT2D eigenvalue weighted by atomic mass is 10.3. The summed E-state index contributed by atoms with van der Waals surface area (Å²) in [4.78, 5) is 3.70. The van der Waals surface area contributed by atoms with Gasteiger partial charge in [0.15, 0.2) is 5.69 Å². The summed E-state index contributed by atoms with van der Waals surface area (Å²) < 4.78 is 26.4. The molecule has 1 aromatic heterocycles. The van der Waals surface area contributed by atoms with Crippen LogP contribution in [-0.2, 0) is 10.0 Å². The quantitative estimate of drug-likeness (QED) is 0.861. The second kappa shape index (κ2) is 4.43. The maximum atomic E-state index is 11.9. The van der Waals surface area contributed by atoms with E-state index in [9.17, 15) is 8.42 Å². The summed E-state index contributed by atoms with van der Waals surface area (Å²) in [6.45, 7) is 2.52. The lowest BCUT2D eigenvalue weighted by Crippen LogP contribution is -2.27. The van der Waals surface area contributed by atoms with E-state index in [1.807, 2.05) is 0 Å². The van der Waals surface area contributed by atoms with Crippen molar-refractivity contribution in [2.75, 3.05) is 6.54 Å². The van der Waals surface area contributed by atoms with Crippen molar-refractivity contribution in [3.63, 3.8) is 0 Å². The molecule has 0 amide bonds. The molecule has 0 spiro atoms. The molecule has 2 rings (SSSR count). The normalized spacial score (nSPS) is 23.1. The molecule has 17 heavy (non-hydrogen) atoms. The minimum atomic E-state index is -3.62. The Labute approximate surface area is 101 Å². The molecule has 1 heterocycles. The highest BCUT2D eigenvalue weighted by Gasteiger charge is 2.33. The molecule has 5 nitrogen and oxygen atoms in total. The van der Waals surface area contributed by atoms with Crippen LogP contribution in [0.2, 0.25) is 0 Å². The van der Waals surface area contributed by atoms with Crippen molar-refractivity contribution in [3.8, 4) is 6.07 Å². The summed E-state index contributed by atoms with van der Waals surface area (Å²) in [5, 5.41) is 8.81. The van der Waals surface area contributed by atoms with Crippen molar-refractivity contribution < 1.29 is 8.42 Å². The number of hydrogen-bond donors (Lipinski definition) is 1. The van der Waals surface area contributed by atoms with Gasteiger partial charge in [-0.1, -0.05) is 6.92 Å². The minimum absolute atomic E-state index is 0.0456. The van der Waals surface area contributed by atoms with Gasteiger partial charge in [0.05, 0.1) is 0 Å². The Morgan fingerprint density at radius 3 is 2.94 bits per heavy atom.